The molecule has 21 aliphatic rings. The number of hydrogen-bond donors (Lipinski definition) is 14. The van der Waals surface area contributed by atoms with E-state index >= 15 is 0 Å². The topological polar surface area (TPSA) is 883 Å². The number of aliphatic hydroxyl groups excluding tert-OH is 14. The van der Waals surface area contributed by atoms with Crippen LogP contribution in [-0.2, 0) is 133 Å². The molecule has 756 valence electrons. The molecular weight excluding hydrogens is 1810 g/mol. The summed E-state index contributed by atoms with van der Waals surface area (Å²) in [5, 5.41) is 176. The fraction of sp³-hybridized carbons (Fsp3) is 1.00. The molecule has 14 bridgehead atoms. The van der Waals surface area contributed by atoms with Gasteiger partial charge in [0.15, 0.2) is 44.0 Å². The van der Waals surface area contributed by atoms with Crippen molar-refractivity contribution in [2.24, 2.45) is 35.8 Å². The molecule has 133 heavy (non-hydrogen) atoms. The smallest absolute Gasteiger partial charge is 0.187 e. The molecule has 0 radical (unpaired) electrons. The van der Waals surface area contributed by atoms with Crippen LogP contribution in [0.2, 0.25) is 0 Å². The molecule has 0 aromatic rings. The molecule has 0 aliphatic carbocycles. The zero-order valence-corrected chi connectivity index (χ0v) is 73.2. The van der Waals surface area contributed by atoms with Crippen molar-refractivity contribution in [3.05, 3.63) is 73.1 Å². The molecule has 63 nitrogen and oxygen atoms in total. The lowest BCUT2D eigenvalue weighted by Gasteiger charge is -2.53. The zero-order valence-electron chi connectivity index (χ0n) is 73.2. The molecule has 0 amide bonds. The second-order valence-electron chi connectivity index (χ2n) is 30.7. The van der Waals surface area contributed by atoms with Crippen LogP contribution in [0.5, 0.6) is 0 Å². The highest BCUT2D eigenvalue weighted by Crippen LogP contribution is 2.44. The van der Waals surface area contributed by atoms with Gasteiger partial charge in [-0.2, -0.15) is 0 Å². The highest BCUT2D eigenvalue weighted by molar-refractivity contribution is 5.06. The molecule has 21 heterocycles. The minimum absolute atomic E-state index is 0.757. The largest absolute Gasteiger partial charge is 0.394 e. The lowest BCUT2D eigenvalue weighted by molar-refractivity contribution is -0.401. The summed E-state index contributed by atoms with van der Waals surface area (Å²) in [5.41, 5.74) is 70.8. The third kappa shape index (κ3) is 30.0. The van der Waals surface area contributed by atoms with Crippen molar-refractivity contribution < 1.29 is 204 Å². The first-order chi connectivity index (χ1) is 64.4. The Balaban J connectivity index is 1.43. The molecule has 0 unspecified atom stereocenters. The summed E-state index contributed by atoms with van der Waals surface area (Å²) in [7, 11) is 7.91. The van der Waals surface area contributed by atoms with Gasteiger partial charge in [0, 0.05) is 84.2 Å². The predicted molar refractivity (Wildman–Crippen MR) is 428 cm³/mol. The van der Waals surface area contributed by atoms with E-state index in [1.54, 1.807) is 0 Å². The Morgan fingerprint density at radius 1 is 0.203 bits per heavy atom. The molecule has 14 N–H and O–H groups in total. The number of ether oxygens (including phenoxy) is 28. The quantitative estimate of drug-likeness (QED) is 0.0153. The van der Waals surface area contributed by atoms with Crippen LogP contribution in [-0.4, -0.2) is 517 Å². The van der Waals surface area contributed by atoms with Crippen LogP contribution in [0.1, 0.15) is 0 Å². The van der Waals surface area contributed by atoms with E-state index in [0.29, 0.717) is 0 Å². The van der Waals surface area contributed by atoms with Crippen LogP contribution in [0.15, 0.2) is 35.8 Å². The van der Waals surface area contributed by atoms with Crippen molar-refractivity contribution in [2.45, 2.75) is 258 Å². The third-order valence-corrected chi connectivity index (χ3v) is 22.2. The van der Waals surface area contributed by atoms with Crippen LogP contribution in [0.25, 0.3) is 73.1 Å². The lowest BCUT2D eigenvalue weighted by Crippen LogP contribution is -2.69. The highest BCUT2D eigenvalue weighted by atomic mass is 16.8. The van der Waals surface area contributed by atoms with Crippen molar-refractivity contribution in [2.75, 3.05) is 188 Å². The average Bonchev–Trinajstić information content (AvgIpc) is 0.843. The van der Waals surface area contributed by atoms with Gasteiger partial charge in [-0.05, 0) is 38.7 Å². The van der Waals surface area contributed by atoms with E-state index in [0.717, 1.165) is 49.8 Å². The summed E-state index contributed by atoms with van der Waals surface area (Å²) >= 11 is 0. The van der Waals surface area contributed by atoms with Gasteiger partial charge in [-0.25, -0.2) is 0 Å². The Kier molecular flexibility index (Phi) is 49.1. The van der Waals surface area contributed by atoms with Crippen LogP contribution in [0.4, 0.5) is 0 Å². The molecule has 21 saturated heterocycles. The van der Waals surface area contributed by atoms with Crippen molar-refractivity contribution in [1.29, 1.82) is 0 Å². The normalized spacial score (nSPS) is 38.2. The van der Waals surface area contributed by atoms with Gasteiger partial charge >= 0.3 is 0 Å². The standard InChI is InChI=1S/C70H119N21O42/c1-106-50-43-36(8-78-85-71)120-64(57(50)113-22-29(99)15-92)128-44-37(9-79-86-72)122-66(59(51(44)107-2)115-24-31(101)17-94)130-46-39(11-81-88-74)124-68(61(53(46)109-4)117-26-33(103)19-96)132-48-41(13-83-90-76)126-70(63(55(48)111-6)119-28-35(105)21-98)133-49-42(14-84-91-77)125-69(62(56(49)112-7)118-27-34(104)20-97)131-47-40(12-82-89-75)123-67(60(54(47)110-5)116-25-32(102)18-95)129-45-38(10-80-87-73)121-65(127-43)58(52(45)108-3)114-23-30(100)16-93/h29-70,92-105H,8-28H2,1-7H3/t29-,30-,31-,32-,33-,34-,35-,36+,37+,38+,39+,40+,41+,42+,43+,44+,45+,46+,47+,48+,49+,50-,51-,52-,53-,54-,55-,56-,57+,58+,59+,60+,61+,62+,63+,64+,65+,66+,67+,68+,69+,70+/m0/s1. The zero-order chi connectivity index (χ0) is 96.8. The van der Waals surface area contributed by atoms with Crippen molar-refractivity contribution in [3.63, 3.8) is 0 Å². The molecular formula is C70H119N21O42. The van der Waals surface area contributed by atoms with Gasteiger partial charge in [0.2, 0.25) is 0 Å². The summed E-state index contributed by atoms with van der Waals surface area (Å²) < 4.78 is 184. The summed E-state index contributed by atoms with van der Waals surface area (Å²) in [6.45, 7) is -17.4. The Labute approximate surface area is 756 Å². The van der Waals surface area contributed by atoms with Gasteiger partial charge < -0.3 is 204 Å². The van der Waals surface area contributed by atoms with Gasteiger partial charge in [0.05, 0.1) is 181 Å². The minimum Gasteiger partial charge on any atom is -0.394 e. The summed E-state index contributed by atoms with van der Waals surface area (Å²) in [5.74, 6) is 0. The molecule has 0 aromatic heterocycles. The van der Waals surface area contributed by atoms with E-state index in [4.69, 9.17) is 133 Å². The van der Waals surface area contributed by atoms with Crippen molar-refractivity contribution in [3.8, 4) is 0 Å². The Hall–Kier alpha value is -6.51. The first-order valence-corrected chi connectivity index (χ1v) is 41.7. The molecule has 21 fully saturated rings. The molecule has 21 aliphatic heterocycles. The highest BCUT2D eigenvalue weighted by Gasteiger charge is 2.63. The Bertz CT molecular complexity index is 3100. The Morgan fingerprint density at radius 2 is 0.316 bits per heavy atom. The lowest BCUT2D eigenvalue weighted by atomic mass is 9.94. The number of aliphatic hydroxyl groups is 14. The van der Waals surface area contributed by atoms with Crippen LogP contribution < -0.4 is 0 Å². The van der Waals surface area contributed by atoms with E-state index in [2.05, 4.69) is 70.2 Å². The molecule has 63 heteroatoms. The van der Waals surface area contributed by atoms with E-state index in [9.17, 15) is 110 Å². The van der Waals surface area contributed by atoms with Gasteiger partial charge in [-0.1, -0.05) is 35.8 Å². The first kappa shape index (κ1) is 112. The monoisotopic (exact) mass is 1930 g/mol. The number of rotatable bonds is 49. The van der Waals surface area contributed by atoms with Crippen molar-refractivity contribution in [1.82, 2.24) is 0 Å². The Morgan fingerprint density at radius 3 is 0.406 bits per heavy atom. The van der Waals surface area contributed by atoms with E-state index in [1.165, 1.54) is 0 Å². The summed E-state index contributed by atoms with van der Waals surface area (Å²) in [6, 6.07) is 0. The van der Waals surface area contributed by atoms with Gasteiger partial charge in [0.25, 0.3) is 0 Å². The van der Waals surface area contributed by atoms with E-state index < -0.39 is 396 Å². The second-order valence-corrected chi connectivity index (χ2v) is 30.7. The summed E-state index contributed by atoms with van der Waals surface area (Å²) in [6.07, 6.45) is -74.8. The molecule has 21 rings (SSSR count). The van der Waals surface area contributed by atoms with Gasteiger partial charge in [-0.3, -0.25) is 0 Å². The number of methoxy groups -OCH3 is 7. The number of azide groups is 7. The number of hydrogen-bond acceptors (Lipinski definition) is 49. The van der Waals surface area contributed by atoms with Crippen LogP contribution in [0.3, 0.4) is 0 Å². The average molecular weight is 1930 g/mol. The maximum absolute atomic E-state index is 11.1. The molecule has 0 spiro atoms. The molecule has 0 saturated carbocycles. The second kappa shape index (κ2) is 58.4. The fourth-order valence-electron chi connectivity index (χ4n) is 16.0. The van der Waals surface area contributed by atoms with Gasteiger partial charge in [0.1, 0.15) is 171 Å². The first-order valence-electron chi connectivity index (χ1n) is 41.7. The van der Waals surface area contributed by atoms with Crippen LogP contribution >= 0.6 is 0 Å². The minimum atomic E-state index is -1.99. The van der Waals surface area contributed by atoms with E-state index in [-0.39, 0.29) is 0 Å². The van der Waals surface area contributed by atoms with E-state index in [1.807, 2.05) is 0 Å². The van der Waals surface area contributed by atoms with Crippen LogP contribution in [0, 0.1) is 0 Å². The fourth-order valence-corrected chi connectivity index (χ4v) is 16.0. The predicted octanol–water partition coefficient (Wildman–Crippen LogP) is -5.78. The molecule has 42 atom stereocenters. The third-order valence-electron chi connectivity index (χ3n) is 22.2. The summed E-state index contributed by atoms with van der Waals surface area (Å²) in [4.78, 5) is 20.7. The molecule has 0 aromatic carbocycles. The number of nitrogens with zero attached hydrogens (tertiary/aromatic N) is 21. The maximum Gasteiger partial charge on any atom is 0.187 e. The SMILES string of the molecule is CO[C@@H]1[C@@H](OC[C@@H](O)CO)[C@H]2O[C@H]3[C@H](OC)[C@@H](OC[C@@H](O)CO)[C@@H](O[C@H]4[C@H](OC)[C@@H](OC[C@@H](O)CO)[C@@H](O[C@H]5[C@H](OC)[C@@H](OC[C@@H](O)CO)[C@@H](O[C@H]6[C@H](OC)[C@@H](OC[C@@H](O)CO)[C@@H](O[C@H]7[C@H](OC)[C@@H](OC[C@@H](O)CO)[C@@H](O[C@H]8[C@H](OC)[C@@H](OC[C@@H](O)CO)[C@@H](O[C@@H]1[C@@H](CN=[N+]=[N-])O2)O[C@@H]8CN=[N+]=[N-])O[C@@H]7CN=[N+]=[N-])O[C@@H]6CN=[N+]=[N-])O[C@@H]5CN=[N+]=[N-])O[C@@H]4CN=[N+]=[N-])O[C@@H]3CN=[N+]=[N-]. The van der Waals surface area contributed by atoms with Gasteiger partial charge in [-0.15, -0.1) is 0 Å². The maximum atomic E-state index is 11.1. The van der Waals surface area contributed by atoms with Crippen molar-refractivity contribution >= 4 is 0 Å².